The smallest absolute Gasteiger partial charge is 0.257 e. The minimum Gasteiger partial charge on any atom is -0.342 e. The van der Waals surface area contributed by atoms with Crippen molar-refractivity contribution < 1.29 is 9.59 Å². The Balaban J connectivity index is 1.45. The first-order chi connectivity index (χ1) is 14.8. The quantitative estimate of drug-likeness (QED) is 0.701. The molecule has 1 aromatic heterocycles. The molecule has 2 aliphatic rings. The zero-order valence-corrected chi connectivity index (χ0v) is 18.2. The van der Waals surface area contributed by atoms with E-state index in [9.17, 15) is 14.4 Å². The third-order valence-electron chi connectivity index (χ3n) is 6.37. The highest BCUT2D eigenvalue weighted by atomic mass is 16.2. The second-order valence-electron chi connectivity index (χ2n) is 8.83. The predicted molar refractivity (Wildman–Crippen MR) is 120 cm³/mol. The number of aryl methyl sites for hydroxylation is 2. The minimum absolute atomic E-state index is 0.00338. The van der Waals surface area contributed by atoms with E-state index in [4.69, 9.17) is 0 Å². The summed E-state index contributed by atoms with van der Waals surface area (Å²) in [6, 6.07) is 5.69. The average molecular weight is 424 g/mol. The molecule has 31 heavy (non-hydrogen) atoms. The molecule has 2 aromatic rings. The van der Waals surface area contributed by atoms with Crippen LogP contribution in [0.2, 0.25) is 0 Å². The summed E-state index contributed by atoms with van der Waals surface area (Å²) in [7, 11) is 0. The Labute approximate surface area is 181 Å². The number of rotatable bonds is 4. The standard InChI is InChI=1S/C23H29N5O3/c1-13-6-8-28(9-7-13)23-26-20-18(22(31)27-23)11-16(21(30)25-20)12-19(29)24-17-5-4-14(2)15(3)10-17/h4-5,10,13,16H,6-9,11-12H2,1-3H3,(H,24,29)(H2,25,26,27,30,31)/t16-/m0/s1. The van der Waals surface area contributed by atoms with Crippen molar-refractivity contribution >= 4 is 29.3 Å². The van der Waals surface area contributed by atoms with E-state index in [-0.39, 0.29) is 30.2 Å². The van der Waals surface area contributed by atoms with Gasteiger partial charge in [-0.15, -0.1) is 0 Å². The molecule has 0 bridgehead atoms. The second-order valence-corrected chi connectivity index (χ2v) is 8.83. The van der Waals surface area contributed by atoms with Crippen molar-refractivity contribution in [2.45, 2.75) is 46.5 Å². The summed E-state index contributed by atoms with van der Waals surface area (Å²) in [5.41, 5.74) is 3.10. The molecule has 4 rings (SSSR count). The molecule has 2 amide bonds. The summed E-state index contributed by atoms with van der Waals surface area (Å²) >= 11 is 0. The molecule has 3 heterocycles. The maximum Gasteiger partial charge on any atom is 0.257 e. The Morgan fingerprint density at radius 3 is 2.65 bits per heavy atom. The SMILES string of the molecule is Cc1ccc(NC(=O)C[C@@H]2Cc3c(nc(N4CCC(C)CC4)[nH]c3=O)NC2=O)cc1C. The van der Waals surface area contributed by atoms with Gasteiger partial charge < -0.3 is 15.5 Å². The van der Waals surface area contributed by atoms with Crippen LogP contribution in [0, 0.1) is 25.7 Å². The lowest BCUT2D eigenvalue weighted by Crippen LogP contribution is -2.39. The molecule has 3 N–H and O–H groups in total. The first-order valence-electron chi connectivity index (χ1n) is 10.9. The van der Waals surface area contributed by atoms with Gasteiger partial charge in [-0.2, -0.15) is 4.98 Å². The van der Waals surface area contributed by atoms with Crippen LogP contribution in [0.1, 0.15) is 42.9 Å². The van der Waals surface area contributed by atoms with E-state index in [1.165, 1.54) is 0 Å². The number of anilines is 3. The van der Waals surface area contributed by atoms with Gasteiger partial charge in [0.25, 0.3) is 5.56 Å². The first kappa shape index (κ1) is 21.1. The second kappa shape index (κ2) is 8.53. The number of amides is 2. The van der Waals surface area contributed by atoms with Crippen molar-refractivity contribution in [1.82, 2.24) is 9.97 Å². The summed E-state index contributed by atoms with van der Waals surface area (Å²) in [5.74, 6) is 0.337. The Kier molecular flexibility index (Phi) is 5.80. The van der Waals surface area contributed by atoms with Gasteiger partial charge >= 0.3 is 0 Å². The molecule has 0 unspecified atom stereocenters. The van der Waals surface area contributed by atoms with Gasteiger partial charge in [-0.3, -0.25) is 19.4 Å². The van der Waals surface area contributed by atoms with E-state index in [2.05, 4.69) is 32.4 Å². The van der Waals surface area contributed by atoms with E-state index in [1.807, 2.05) is 32.0 Å². The highest BCUT2D eigenvalue weighted by Crippen LogP contribution is 2.26. The van der Waals surface area contributed by atoms with Gasteiger partial charge in [0.2, 0.25) is 17.8 Å². The van der Waals surface area contributed by atoms with Gasteiger partial charge in [-0.1, -0.05) is 13.0 Å². The van der Waals surface area contributed by atoms with Crippen molar-refractivity contribution in [1.29, 1.82) is 0 Å². The lowest BCUT2D eigenvalue weighted by Gasteiger charge is -2.31. The van der Waals surface area contributed by atoms with Gasteiger partial charge in [0.1, 0.15) is 5.82 Å². The zero-order chi connectivity index (χ0) is 22.1. The Morgan fingerprint density at radius 2 is 1.94 bits per heavy atom. The van der Waals surface area contributed by atoms with Crippen LogP contribution < -0.4 is 21.1 Å². The zero-order valence-electron chi connectivity index (χ0n) is 18.2. The molecule has 1 atom stereocenters. The number of nitrogens with zero attached hydrogens (tertiary/aromatic N) is 2. The molecule has 1 aromatic carbocycles. The molecular weight excluding hydrogens is 394 g/mol. The van der Waals surface area contributed by atoms with Gasteiger partial charge in [-0.05, 0) is 62.3 Å². The largest absolute Gasteiger partial charge is 0.342 e. The van der Waals surface area contributed by atoms with E-state index >= 15 is 0 Å². The highest BCUT2D eigenvalue weighted by Gasteiger charge is 2.32. The molecule has 0 saturated carbocycles. The Hall–Kier alpha value is -3.16. The number of aromatic amines is 1. The fourth-order valence-corrected chi connectivity index (χ4v) is 4.13. The molecule has 8 nitrogen and oxygen atoms in total. The van der Waals surface area contributed by atoms with Crippen LogP contribution in [-0.4, -0.2) is 34.9 Å². The molecule has 0 radical (unpaired) electrons. The topological polar surface area (TPSA) is 107 Å². The number of H-pyrrole nitrogens is 1. The monoisotopic (exact) mass is 423 g/mol. The first-order valence-corrected chi connectivity index (χ1v) is 10.9. The van der Waals surface area contributed by atoms with Crippen LogP contribution in [0.4, 0.5) is 17.5 Å². The maximum absolute atomic E-state index is 12.7. The van der Waals surface area contributed by atoms with Crippen LogP contribution in [-0.2, 0) is 16.0 Å². The summed E-state index contributed by atoms with van der Waals surface area (Å²) in [4.78, 5) is 47.3. The van der Waals surface area contributed by atoms with Crippen molar-refractivity contribution in [2.24, 2.45) is 11.8 Å². The highest BCUT2D eigenvalue weighted by molar-refractivity contribution is 5.99. The number of benzene rings is 1. The number of carbonyl (C=O) groups is 2. The van der Waals surface area contributed by atoms with Gasteiger partial charge in [0.05, 0.1) is 11.5 Å². The fraction of sp³-hybridized carbons (Fsp3) is 0.478. The van der Waals surface area contributed by atoms with Crippen LogP contribution in [0.3, 0.4) is 0 Å². The molecule has 8 heteroatoms. The Morgan fingerprint density at radius 1 is 1.19 bits per heavy atom. The average Bonchev–Trinajstić information content (AvgIpc) is 2.72. The summed E-state index contributed by atoms with van der Waals surface area (Å²) in [6.45, 7) is 7.87. The van der Waals surface area contributed by atoms with E-state index in [1.54, 1.807) is 0 Å². The molecule has 164 valence electrons. The lowest BCUT2D eigenvalue weighted by molar-refractivity contribution is -0.125. The molecular formula is C23H29N5O3. The minimum atomic E-state index is -0.608. The normalized spacial score (nSPS) is 19.0. The number of fused-ring (bicyclic) bond motifs is 1. The number of hydrogen-bond acceptors (Lipinski definition) is 5. The number of piperidine rings is 1. The number of aromatic nitrogens is 2. The van der Waals surface area contributed by atoms with Crippen molar-refractivity contribution in [3.05, 3.63) is 45.2 Å². The van der Waals surface area contributed by atoms with Gasteiger partial charge in [-0.25, -0.2) is 0 Å². The predicted octanol–water partition coefficient (Wildman–Crippen LogP) is 2.76. The summed E-state index contributed by atoms with van der Waals surface area (Å²) < 4.78 is 0. The molecule has 1 fully saturated rings. The van der Waals surface area contributed by atoms with E-state index in [0.717, 1.165) is 37.1 Å². The van der Waals surface area contributed by atoms with Crippen LogP contribution in [0.25, 0.3) is 0 Å². The molecule has 1 saturated heterocycles. The van der Waals surface area contributed by atoms with E-state index < -0.39 is 5.92 Å². The van der Waals surface area contributed by atoms with Crippen LogP contribution >= 0.6 is 0 Å². The van der Waals surface area contributed by atoms with E-state index in [0.29, 0.717) is 28.9 Å². The number of nitrogens with one attached hydrogen (secondary N) is 3. The summed E-state index contributed by atoms with van der Waals surface area (Å²) in [5, 5.41) is 5.59. The van der Waals surface area contributed by atoms with Crippen LogP contribution in [0.5, 0.6) is 0 Å². The fourth-order valence-electron chi connectivity index (χ4n) is 4.13. The van der Waals surface area contributed by atoms with Crippen molar-refractivity contribution in [3.63, 3.8) is 0 Å². The molecule has 0 spiro atoms. The summed E-state index contributed by atoms with van der Waals surface area (Å²) in [6.07, 6.45) is 2.29. The van der Waals surface area contributed by atoms with Gasteiger partial charge in [0, 0.05) is 25.2 Å². The van der Waals surface area contributed by atoms with Gasteiger partial charge in [0.15, 0.2) is 0 Å². The third-order valence-corrected chi connectivity index (χ3v) is 6.37. The van der Waals surface area contributed by atoms with Crippen LogP contribution in [0.15, 0.2) is 23.0 Å². The lowest BCUT2D eigenvalue weighted by atomic mass is 9.92. The molecule has 2 aliphatic heterocycles. The molecule has 0 aliphatic carbocycles. The number of hydrogen-bond donors (Lipinski definition) is 3. The Bertz CT molecular complexity index is 1070. The van der Waals surface area contributed by atoms with Crippen molar-refractivity contribution in [2.75, 3.05) is 28.6 Å². The maximum atomic E-state index is 12.7. The third kappa shape index (κ3) is 4.62. The number of carbonyl (C=O) groups excluding carboxylic acids is 2. The van der Waals surface area contributed by atoms with Crippen molar-refractivity contribution in [3.8, 4) is 0 Å².